The van der Waals surface area contributed by atoms with Gasteiger partial charge < -0.3 is 15.0 Å². The molecule has 31 heavy (non-hydrogen) atoms. The van der Waals surface area contributed by atoms with Gasteiger partial charge >= 0.3 is 0 Å². The van der Waals surface area contributed by atoms with Gasteiger partial charge in [-0.3, -0.25) is 9.59 Å². The molecule has 1 fully saturated rings. The van der Waals surface area contributed by atoms with Gasteiger partial charge in [0.15, 0.2) is 0 Å². The smallest absolute Gasteiger partial charge is 0.253 e. The second-order valence-electron chi connectivity index (χ2n) is 8.85. The Bertz CT molecular complexity index is 859. The molecule has 0 radical (unpaired) electrons. The Morgan fingerprint density at radius 3 is 2.48 bits per heavy atom. The van der Waals surface area contributed by atoms with Crippen LogP contribution in [0.2, 0.25) is 0 Å². The summed E-state index contributed by atoms with van der Waals surface area (Å²) < 4.78 is 5.71. The molecule has 1 atom stereocenters. The van der Waals surface area contributed by atoms with E-state index < -0.39 is 0 Å². The Morgan fingerprint density at radius 2 is 1.81 bits per heavy atom. The third-order valence-electron chi connectivity index (χ3n) is 5.60. The van der Waals surface area contributed by atoms with Crippen LogP contribution in [0, 0.1) is 18.8 Å². The van der Waals surface area contributed by atoms with Crippen LogP contribution in [0.15, 0.2) is 48.5 Å². The molecule has 0 spiro atoms. The number of hydrogen-bond donors (Lipinski definition) is 1. The van der Waals surface area contributed by atoms with Gasteiger partial charge in [0.05, 0.1) is 12.5 Å². The molecule has 5 heteroatoms. The molecule has 0 aromatic heterocycles. The van der Waals surface area contributed by atoms with Crippen molar-refractivity contribution in [2.24, 2.45) is 11.8 Å². The van der Waals surface area contributed by atoms with Gasteiger partial charge in [-0.25, -0.2) is 0 Å². The van der Waals surface area contributed by atoms with E-state index in [0.717, 1.165) is 36.1 Å². The van der Waals surface area contributed by atoms with Gasteiger partial charge in [-0.2, -0.15) is 0 Å². The van der Waals surface area contributed by atoms with Crippen molar-refractivity contribution < 1.29 is 14.3 Å². The SMILES string of the molecule is Cc1ccc(C(=O)N2CCCC(C(=O)NCCc3ccc(OCC(C)C)cc3)C2)cc1. The van der Waals surface area contributed by atoms with E-state index in [1.165, 1.54) is 0 Å². The van der Waals surface area contributed by atoms with E-state index in [1.807, 2.05) is 60.4 Å². The Balaban J connectivity index is 1.44. The zero-order valence-corrected chi connectivity index (χ0v) is 18.9. The number of nitrogens with zero attached hydrogens (tertiary/aromatic N) is 1. The Labute approximate surface area is 185 Å². The first-order valence-electron chi connectivity index (χ1n) is 11.3. The molecule has 2 aromatic rings. The van der Waals surface area contributed by atoms with Crippen molar-refractivity contribution in [3.05, 3.63) is 65.2 Å². The first-order valence-corrected chi connectivity index (χ1v) is 11.3. The van der Waals surface area contributed by atoms with E-state index in [1.54, 1.807) is 0 Å². The fraction of sp³-hybridized carbons (Fsp3) is 0.462. The van der Waals surface area contributed by atoms with Crippen molar-refractivity contribution in [3.8, 4) is 5.75 Å². The van der Waals surface area contributed by atoms with Gasteiger partial charge in [0.25, 0.3) is 5.91 Å². The predicted octanol–water partition coefficient (Wildman–Crippen LogP) is 4.24. The predicted molar refractivity (Wildman–Crippen MR) is 123 cm³/mol. The number of rotatable bonds is 8. The van der Waals surface area contributed by atoms with E-state index in [2.05, 4.69) is 19.2 Å². The summed E-state index contributed by atoms with van der Waals surface area (Å²) in [5, 5.41) is 3.05. The summed E-state index contributed by atoms with van der Waals surface area (Å²) >= 11 is 0. The van der Waals surface area contributed by atoms with Crippen molar-refractivity contribution in [3.63, 3.8) is 0 Å². The number of ether oxygens (including phenoxy) is 1. The van der Waals surface area contributed by atoms with Crippen molar-refractivity contribution in [2.75, 3.05) is 26.2 Å². The lowest BCUT2D eigenvalue weighted by molar-refractivity contribution is -0.126. The second-order valence-corrected chi connectivity index (χ2v) is 8.85. The fourth-order valence-electron chi connectivity index (χ4n) is 3.74. The minimum Gasteiger partial charge on any atom is -0.493 e. The van der Waals surface area contributed by atoms with Gasteiger partial charge in [-0.1, -0.05) is 43.7 Å². The van der Waals surface area contributed by atoms with Crippen LogP contribution in [0.5, 0.6) is 5.75 Å². The molecule has 1 saturated heterocycles. The van der Waals surface area contributed by atoms with Crippen LogP contribution >= 0.6 is 0 Å². The molecule has 1 unspecified atom stereocenters. The first kappa shape index (κ1) is 22.9. The highest BCUT2D eigenvalue weighted by molar-refractivity contribution is 5.94. The summed E-state index contributed by atoms with van der Waals surface area (Å²) in [6.45, 7) is 8.75. The summed E-state index contributed by atoms with van der Waals surface area (Å²) in [4.78, 5) is 27.3. The van der Waals surface area contributed by atoms with Gasteiger partial charge in [-0.15, -0.1) is 0 Å². The monoisotopic (exact) mass is 422 g/mol. The average molecular weight is 423 g/mol. The van der Waals surface area contributed by atoms with Gasteiger partial charge in [-0.05, 0) is 61.9 Å². The number of hydrogen-bond acceptors (Lipinski definition) is 3. The highest BCUT2D eigenvalue weighted by Gasteiger charge is 2.28. The minimum absolute atomic E-state index is 0.0114. The highest BCUT2D eigenvalue weighted by Crippen LogP contribution is 2.19. The van der Waals surface area contributed by atoms with Crippen molar-refractivity contribution in [1.82, 2.24) is 10.2 Å². The van der Waals surface area contributed by atoms with E-state index in [-0.39, 0.29) is 17.7 Å². The molecule has 1 aliphatic heterocycles. The highest BCUT2D eigenvalue weighted by atomic mass is 16.5. The Hall–Kier alpha value is -2.82. The zero-order valence-electron chi connectivity index (χ0n) is 18.9. The Kier molecular flexibility index (Phi) is 8.10. The number of likely N-dealkylation sites (tertiary alicyclic amines) is 1. The molecule has 0 saturated carbocycles. The lowest BCUT2D eigenvalue weighted by Gasteiger charge is -2.32. The number of aryl methyl sites for hydroxylation is 1. The maximum atomic E-state index is 12.8. The molecule has 1 aliphatic rings. The summed E-state index contributed by atoms with van der Waals surface area (Å²) in [7, 11) is 0. The normalized spacial score (nSPS) is 16.3. The lowest BCUT2D eigenvalue weighted by Crippen LogP contribution is -2.45. The quantitative estimate of drug-likeness (QED) is 0.692. The summed E-state index contributed by atoms with van der Waals surface area (Å²) in [5.74, 6) is 1.28. The molecule has 2 aromatic carbocycles. The van der Waals surface area contributed by atoms with Crippen LogP contribution in [-0.4, -0.2) is 43.0 Å². The van der Waals surface area contributed by atoms with Crippen LogP contribution in [0.4, 0.5) is 0 Å². The van der Waals surface area contributed by atoms with Crippen LogP contribution in [0.25, 0.3) is 0 Å². The van der Waals surface area contributed by atoms with Crippen LogP contribution in [-0.2, 0) is 11.2 Å². The van der Waals surface area contributed by atoms with E-state index >= 15 is 0 Å². The van der Waals surface area contributed by atoms with Crippen molar-refractivity contribution in [2.45, 2.75) is 40.0 Å². The third-order valence-corrected chi connectivity index (χ3v) is 5.60. The molecule has 1 N–H and O–H groups in total. The molecule has 0 aliphatic carbocycles. The average Bonchev–Trinajstić information content (AvgIpc) is 2.78. The zero-order chi connectivity index (χ0) is 22.2. The van der Waals surface area contributed by atoms with Gasteiger partial charge in [0.2, 0.25) is 5.91 Å². The molecule has 5 nitrogen and oxygen atoms in total. The number of benzene rings is 2. The molecule has 166 valence electrons. The van der Waals surface area contributed by atoms with E-state index in [4.69, 9.17) is 4.74 Å². The van der Waals surface area contributed by atoms with E-state index in [9.17, 15) is 9.59 Å². The summed E-state index contributed by atoms with van der Waals surface area (Å²) in [6.07, 6.45) is 2.45. The Morgan fingerprint density at radius 1 is 1.10 bits per heavy atom. The number of amides is 2. The molecular formula is C26H34N2O3. The van der Waals surface area contributed by atoms with Crippen molar-refractivity contribution in [1.29, 1.82) is 0 Å². The number of nitrogens with one attached hydrogen (secondary N) is 1. The maximum absolute atomic E-state index is 12.8. The third kappa shape index (κ3) is 6.84. The van der Waals surface area contributed by atoms with E-state index in [0.29, 0.717) is 37.7 Å². The summed E-state index contributed by atoms with van der Waals surface area (Å²) in [5.41, 5.74) is 2.98. The number of piperidine rings is 1. The van der Waals surface area contributed by atoms with Crippen LogP contribution < -0.4 is 10.1 Å². The lowest BCUT2D eigenvalue weighted by atomic mass is 9.96. The molecule has 1 heterocycles. The topological polar surface area (TPSA) is 58.6 Å². The largest absolute Gasteiger partial charge is 0.493 e. The van der Waals surface area contributed by atoms with Gasteiger partial charge in [0.1, 0.15) is 5.75 Å². The molecule has 3 rings (SSSR count). The number of carbonyl (C=O) groups excluding carboxylic acids is 2. The molecule has 0 bridgehead atoms. The fourth-order valence-corrected chi connectivity index (χ4v) is 3.74. The minimum atomic E-state index is -0.144. The van der Waals surface area contributed by atoms with Crippen LogP contribution in [0.1, 0.15) is 48.2 Å². The summed E-state index contributed by atoms with van der Waals surface area (Å²) in [6, 6.07) is 15.7. The molecule has 2 amide bonds. The number of carbonyl (C=O) groups is 2. The first-order chi connectivity index (χ1) is 14.9. The van der Waals surface area contributed by atoms with Crippen LogP contribution in [0.3, 0.4) is 0 Å². The maximum Gasteiger partial charge on any atom is 0.253 e. The standard InChI is InChI=1S/C26H34N2O3/c1-19(2)18-31-24-12-8-21(9-13-24)14-15-27-25(29)23-5-4-16-28(17-23)26(30)22-10-6-20(3)7-11-22/h6-13,19,23H,4-5,14-18H2,1-3H3,(H,27,29). The second kappa shape index (κ2) is 11.0. The van der Waals surface area contributed by atoms with Gasteiger partial charge in [0, 0.05) is 25.2 Å². The molecular weight excluding hydrogens is 388 g/mol. The van der Waals surface area contributed by atoms with Crippen molar-refractivity contribution >= 4 is 11.8 Å².